The van der Waals surface area contributed by atoms with E-state index in [-0.39, 0.29) is 29.6 Å². The number of rotatable bonds is 10. The van der Waals surface area contributed by atoms with Crippen LogP contribution in [-0.2, 0) is 22.7 Å². The van der Waals surface area contributed by atoms with E-state index in [1.165, 1.54) is 17.0 Å². The molecule has 0 saturated carbocycles. The van der Waals surface area contributed by atoms with E-state index < -0.39 is 0 Å². The summed E-state index contributed by atoms with van der Waals surface area (Å²) in [6.07, 6.45) is 2.23. The number of aryl methyl sites for hydroxylation is 1. The monoisotopic (exact) mass is 446 g/mol. The first-order valence-corrected chi connectivity index (χ1v) is 11.7. The number of amides is 2. The van der Waals surface area contributed by atoms with E-state index in [2.05, 4.69) is 6.92 Å². The van der Waals surface area contributed by atoms with Crippen LogP contribution < -0.4 is 0 Å². The van der Waals surface area contributed by atoms with Crippen LogP contribution in [-0.4, -0.2) is 34.7 Å². The molecule has 0 aliphatic heterocycles. The summed E-state index contributed by atoms with van der Waals surface area (Å²) in [5.41, 5.74) is 0.733. The van der Waals surface area contributed by atoms with Gasteiger partial charge in [0.15, 0.2) is 0 Å². The van der Waals surface area contributed by atoms with Gasteiger partial charge >= 0.3 is 0 Å². The van der Waals surface area contributed by atoms with Crippen LogP contribution in [0.15, 0.2) is 36.4 Å². The number of thiophene rings is 1. The molecule has 0 spiro atoms. The molecule has 0 unspecified atom stereocenters. The summed E-state index contributed by atoms with van der Waals surface area (Å²) in [4.78, 5) is 32.0. The number of halogens is 1. The second-order valence-corrected chi connectivity index (χ2v) is 10.7. The van der Waals surface area contributed by atoms with Gasteiger partial charge in [-0.3, -0.25) is 9.59 Å². The molecule has 6 heteroatoms. The molecule has 0 bridgehead atoms. The fourth-order valence-electron chi connectivity index (χ4n) is 3.27. The zero-order chi connectivity index (χ0) is 23.0. The first kappa shape index (κ1) is 25.1. The summed E-state index contributed by atoms with van der Waals surface area (Å²) >= 11 is 1.66. The van der Waals surface area contributed by atoms with Crippen LogP contribution in [0, 0.1) is 18.2 Å². The minimum Gasteiger partial charge on any atom is -0.333 e. The maximum atomic E-state index is 13.3. The summed E-state index contributed by atoms with van der Waals surface area (Å²) in [6.45, 7) is 11.7. The third-order valence-electron chi connectivity index (χ3n) is 4.92. The fraction of sp³-hybridized carbons (Fsp3) is 0.520. The fourth-order valence-corrected chi connectivity index (χ4v) is 4.18. The number of hydrogen-bond donors (Lipinski definition) is 0. The zero-order valence-electron chi connectivity index (χ0n) is 19.4. The lowest BCUT2D eigenvalue weighted by Gasteiger charge is -2.29. The molecule has 0 saturated heterocycles. The van der Waals surface area contributed by atoms with Crippen molar-refractivity contribution in [3.8, 4) is 0 Å². The molecule has 31 heavy (non-hydrogen) atoms. The summed E-state index contributed by atoms with van der Waals surface area (Å²) in [5, 5.41) is 0. The second kappa shape index (κ2) is 11.4. The van der Waals surface area contributed by atoms with Crippen molar-refractivity contribution < 1.29 is 14.0 Å². The van der Waals surface area contributed by atoms with Crippen LogP contribution in [0.1, 0.15) is 62.3 Å². The van der Waals surface area contributed by atoms with Crippen LogP contribution in [0.25, 0.3) is 0 Å². The van der Waals surface area contributed by atoms with Gasteiger partial charge in [-0.15, -0.1) is 11.3 Å². The van der Waals surface area contributed by atoms with E-state index in [4.69, 9.17) is 0 Å². The maximum absolute atomic E-state index is 13.3. The highest BCUT2D eigenvalue weighted by molar-refractivity contribution is 7.11. The summed E-state index contributed by atoms with van der Waals surface area (Å²) in [5.74, 6) is -0.370. The van der Waals surface area contributed by atoms with E-state index in [9.17, 15) is 14.0 Å². The van der Waals surface area contributed by atoms with Crippen LogP contribution in [0.2, 0.25) is 0 Å². The smallest absolute Gasteiger partial charge is 0.242 e. The zero-order valence-corrected chi connectivity index (χ0v) is 20.2. The molecule has 1 heterocycles. The van der Waals surface area contributed by atoms with Crippen LogP contribution in [0.5, 0.6) is 0 Å². The molecule has 2 amide bonds. The molecule has 2 rings (SSSR count). The predicted molar refractivity (Wildman–Crippen MR) is 125 cm³/mol. The molecule has 1 aromatic heterocycles. The van der Waals surface area contributed by atoms with Crippen molar-refractivity contribution in [2.24, 2.45) is 5.41 Å². The molecule has 170 valence electrons. The topological polar surface area (TPSA) is 40.6 Å². The van der Waals surface area contributed by atoms with E-state index in [1.54, 1.807) is 33.3 Å². The third-order valence-corrected chi connectivity index (χ3v) is 5.91. The first-order valence-electron chi connectivity index (χ1n) is 10.9. The quantitative estimate of drug-likeness (QED) is 0.463. The Kier molecular flexibility index (Phi) is 9.23. The molecular weight excluding hydrogens is 411 g/mol. The van der Waals surface area contributed by atoms with E-state index in [0.29, 0.717) is 26.1 Å². The molecule has 0 atom stereocenters. The highest BCUT2D eigenvalue weighted by Crippen LogP contribution is 2.22. The molecule has 0 aliphatic carbocycles. The Morgan fingerprint density at radius 3 is 2.19 bits per heavy atom. The van der Waals surface area contributed by atoms with Crippen LogP contribution in [0.4, 0.5) is 4.39 Å². The van der Waals surface area contributed by atoms with Gasteiger partial charge in [-0.2, -0.15) is 0 Å². The Hall–Kier alpha value is -2.21. The van der Waals surface area contributed by atoms with Crippen LogP contribution >= 0.6 is 11.3 Å². The Morgan fingerprint density at radius 1 is 0.968 bits per heavy atom. The Bertz CT molecular complexity index is 855. The van der Waals surface area contributed by atoms with Gasteiger partial charge in [0.25, 0.3) is 0 Å². The minimum absolute atomic E-state index is 0.0167. The normalized spacial score (nSPS) is 11.4. The van der Waals surface area contributed by atoms with Crippen molar-refractivity contribution in [2.75, 3.05) is 13.1 Å². The highest BCUT2D eigenvalue weighted by Gasteiger charge is 2.25. The number of carbonyl (C=O) groups excluding carboxylic acids is 2. The highest BCUT2D eigenvalue weighted by atomic mass is 32.1. The molecule has 0 N–H and O–H groups in total. The van der Waals surface area contributed by atoms with Gasteiger partial charge in [0.2, 0.25) is 11.8 Å². The van der Waals surface area contributed by atoms with Crippen molar-refractivity contribution in [2.45, 2.75) is 67.0 Å². The van der Waals surface area contributed by atoms with Crippen LogP contribution in [0.3, 0.4) is 0 Å². The molecule has 1 aromatic carbocycles. The Labute approximate surface area is 190 Å². The molecular formula is C25H35FN2O2S. The average Bonchev–Trinajstić information content (AvgIpc) is 3.09. The molecule has 4 nitrogen and oxygen atoms in total. The van der Waals surface area contributed by atoms with Gasteiger partial charge in [0.05, 0.1) is 13.1 Å². The largest absolute Gasteiger partial charge is 0.333 e. The van der Waals surface area contributed by atoms with Gasteiger partial charge in [0.1, 0.15) is 5.82 Å². The average molecular weight is 447 g/mol. The number of benzene rings is 1. The predicted octanol–water partition coefficient (Wildman–Crippen LogP) is 5.79. The van der Waals surface area contributed by atoms with E-state index >= 15 is 0 Å². The molecule has 0 radical (unpaired) electrons. The summed E-state index contributed by atoms with van der Waals surface area (Å²) in [7, 11) is 0. The van der Waals surface area contributed by atoms with E-state index in [0.717, 1.165) is 23.3 Å². The SMILES string of the molecule is CCCCN(CC(=O)N(Cc1ccc(F)cc1)Cc1ccc(C)s1)C(=O)CC(C)(C)C. The van der Waals surface area contributed by atoms with E-state index in [1.807, 2.05) is 39.8 Å². The number of carbonyl (C=O) groups is 2. The van der Waals surface area contributed by atoms with Crippen molar-refractivity contribution in [1.29, 1.82) is 0 Å². The van der Waals surface area contributed by atoms with Gasteiger partial charge in [-0.05, 0) is 48.6 Å². The molecule has 0 fully saturated rings. The van der Waals surface area contributed by atoms with Gasteiger partial charge in [-0.25, -0.2) is 4.39 Å². The lowest BCUT2D eigenvalue weighted by Crippen LogP contribution is -2.43. The molecule has 0 aliphatic rings. The van der Waals surface area contributed by atoms with Gasteiger partial charge in [0, 0.05) is 29.3 Å². The minimum atomic E-state index is -0.297. The Morgan fingerprint density at radius 2 is 1.65 bits per heavy atom. The lowest BCUT2D eigenvalue weighted by molar-refractivity contribution is -0.142. The van der Waals surface area contributed by atoms with Crippen molar-refractivity contribution in [1.82, 2.24) is 9.80 Å². The first-order chi connectivity index (χ1) is 14.6. The molecule has 2 aromatic rings. The number of hydrogen-bond acceptors (Lipinski definition) is 3. The summed E-state index contributed by atoms with van der Waals surface area (Å²) in [6, 6.07) is 10.3. The van der Waals surface area contributed by atoms with Gasteiger partial charge in [-0.1, -0.05) is 46.2 Å². The van der Waals surface area contributed by atoms with Gasteiger partial charge < -0.3 is 9.80 Å². The Balaban J connectivity index is 2.19. The number of nitrogens with zero attached hydrogens (tertiary/aromatic N) is 2. The van der Waals surface area contributed by atoms with Crippen molar-refractivity contribution in [3.05, 3.63) is 57.5 Å². The maximum Gasteiger partial charge on any atom is 0.242 e. The third kappa shape index (κ3) is 8.82. The van der Waals surface area contributed by atoms with Crippen molar-refractivity contribution >= 4 is 23.2 Å². The standard InChI is InChI=1S/C25H35FN2O2S/c1-6-7-14-27(23(29)15-25(3,4)5)18-24(30)28(17-22-13-8-19(2)31-22)16-20-9-11-21(26)12-10-20/h8-13H,6-7,14-18H2,1-5H3. The lowest BCUT2D eigenvalue weighted by atomic mass is 9.91. The number of unbranched alkanes of at least 4 members (excludes halogenated alkanes) is 1. The second-order valence-electron chi connectivity index (χ2n) is 9.29. The summed E-state index contributed by atoms with van der Waals surface area (Å²) < 4.78 is 13.3. The van der Waals surface area contributed by atoms with Crippen molar-refractivity contribution in [3.63, 3.8) is 0 Å².